The van der Waals surface area contributed by atoms with Crippen molar-refractivity contribution in [2.45, 2.75) is 11.3 Å². The Morgan fingerprint density at radius 1 is 1.06 bits per heavy atom. The first-order chi connectivity index (χ1) is 14.5. The molecule has 0 aliphatic heterocycles. The zero-order chi connectivity index (χ0) is 23.5. The smallest absolute Gasteiger partial charge is 0.272 e. The molecule has 0 saturated heterocycles. The molecule has 0 saturated carbocycles. The molecule has 0 fully saturated rings. The summed E-state index contributed by atoms with van der Waals surface area (Å²) in [6.07, 6.45) is 1.78. The van der Waals surface area contributed by atoms with Gasteiger partial charge in [0.25, 0.3) is 16.4 Å². The van der Waals surface area contributed by atoms with Crippen LogP contribution in [0, 0.1) is 41.4 Å². The van der Waals surface area contributed by atoms with Crippen molar-refractivity contribution in [2.75, 3.05) is 24.6 Å². The molecule has 0 N–H and O–H groups in total. The highest BCUT2D eigenvalue weighted by Gasteiger charge is 2.38. The number of ether oxygens (including phenoxy) is 2. The van der Waals surface area contributed by atoms with E-state index >= 15 is 0 Å². The van der Waals surface area contributed by atoms with Gasteiger partial charge >= 0.3 is 0 Å². The van der Waals surface area contributed by atoms with Crippen LogP contribution in [0.2, 0.25) is 0 Å². The van der Waals surface area contributed by atoms with E-state index in [9.17, 15) is 39.2 Å². The summed E-state index contributed by atoms with van der Waals surface area (Å²) >= 11 is 0. The van der Waals surface area contributed by atoms with Gasteiger partial charge in [-0.05, 0) is 12.1 Å². The summed E-state index contributed by atoms with van der Waals surface area (Å²) in [5.41, 5.74) is -0.541. The first-order valence-electron chi connectivity index (χ1n) is 8.03. The van der Waals surface area contributed by atoms with Crippen LogP contribution in [-0.4, -0.2) is 35.1 Å². The van der Waals surface area contributed by atoms with Crippen LogP contribution in [0.5, 0.6) is 11.5 Å². The number of nitrogens with zero attached hydrogens (tertiary/aromatic N) is 1. The Balaban J connectivity index is 2.78. The predicted molar refractivity (Wildman–Crippen MR) is 94.1 cm³/mol. The average Bonchev–Trinajstić information content (AvgIpc) is 2.71. The molecule has 168 valence electrons. The minimum Gasteiger partial charge on any atom is -0.494 e. The van der Waals surface area contributed by atoms with Gasteiger partial charge in [0.2, 0.25) is 11.6 Å². The fourth-order valence-electron chi connectivity index (χ4n) is 2.42. The van der Waals surface area contributed by atoms with Gasteiger partial charge in [0.15, 0.2) is 33.8 Å². The molecule has 13 heteroatoms. The fourth-order valence-corrected chi connectivity index (χ4v) is 3.97. The second-order valence-corrected chi connectivity index (χ2v) is 7.45. The summed E-state index contributed by atoms with van der Waals surface area (Å²) in [7, 11) is -4.32. The molecule has 31 heavy (non-hydrogen) atoms. The molecular formula is C18H12F7NO4S. The molecule has 2 aromatic carbocycles. The summed E-state index contributed by atoms with van der Waals surface area (Å²) in [5.74, 6) is -11.2. The number of benzene rings is 2. The predicted octanol–water partition coefficient (Wildman–Crippen LogP) is 3.86. The van der Waals surface area contributed by atoms with Crippen LogP contribution in [0.3, 0.4) is 0 Å². The van der Waals surface area contributed by atoms with Crippen molar-refractivity contribution in [3.63, 3.8) is 0 Å². The lowest BCUT2D eigenvalue weighted by Gasteiger charge is -2.24. The highest BCUT2D eigenvalue weighted by molar-refractivity contribution is 7.93. The van der Waals surface area contributed by atoms with Gasteiger partial charge in [0.05, 0.1) is 19.3 Å². The third-order valence-corrected chi connectivity index (χ3v) is 5.54. The number of halogens is 7. The first kappa shape index (κ1) is 24.1. The van der Waals surface area contributed by atoms with E-state index in [1.807, 2.05) is 5.92 Å². The lowest BCUT2D eigenvalue weighted by Crippen LogP contribution is -2.33. The molecule has 2 aromatic rings. The Morgan fingerprint density at radius 3 is 2.19 bits per heavy atom. The van der Waals surface area contributed by atoms with Crippen molar-refractivity contribution >= 4 is 15.7 Å². The van der Waals surface area contributed by atoms with Crippen molar-refractivity contribution in [1.82, 2.24) is 0 Å². The molecule has 0 aliphatic carbocycles. The lowest BCUT2D eigenvalue weighted by molar-refractivity contribution is 0.0770. The van der Waals surface area contributed by atoms with E-state index in [1.165, 1.54) is 0 Å². The lowest BCUT2D eigenvalue weighted by atomic mass is 10.3. The first-order valence-corrected chi connectivity index (χ1v) is 9.47. The number of anilines is 1. The summed E-state index contributed by atoms with van der Waals surface area (Å²) in [4.78, 5) is -1.93. The maximum atomic E-state index is 14.4. The van der Waals surface area contributed by atoms with Crippen LogP contribution in [0.4, 0.5) is 36.4 Å². The number of hydrogen-bond acceptors (Lipinski definition) is 4. The minimum absolute atomic E-state index is 0.139. The van der Waals surface area contributed by atoms with E-state index in [0.29, 0.717) is 6.07 Å². The van der Waals surface area contributed by atoms with E-state index in [1.54, 1.807) is 0 Å². The number of methoxy groups -OCH3 is 1. The van der Waals surface area contributed by atoms with E-state index in [0.717, 1.165) is 19.2 Å². The molecule has 0 amide bonds. The van der Waals surface area contributed by atoms with Crippen molar-refractivity contribution in [3.8, 4) is 23.8 Å². The quantitative estimate of drug-likeness (QED) is 0.254. The number of rotatable bonds is 8. The maximum absolute atomic E-state index is 14.4. The highest BCUT2D eigenvalue weighted by Crippen LogP contribution is 2.38. The molecule has 2 rings (SSSR count). The van der Waals surface area contributed by atoms with Gasteiger partial charge in [-0.3, -0.25) is 4.31 Å². The average molecular weight is 471 g/mol. The summed E-state index contributed by atoms with van der Waals surface area (Å²) in [6.45, 7) is -2.58. The van der Waals surface area contributed by atoms with Gasteiger partial charge < -0.3 is 9.47 Å². The SMILES string of the molecule is C#CCN(c1ccc(OC)c(F)c1)S(=O)(=O)c1c(F)c(F)c(F)c(F)c1OCC(F)F. The normalized spacial score (nSPS) is 11.4. The molecule has 0 spiro atoms. The van der Waals surface area contributed by atoms with Gasteiger partial charge in [-0.1, -0.05) is 5.92 Å². The fraction of sp³-hybridized carbons (Fsp3) is 0.222. The largest absolute Gasteiger partial charge is 0.494 e. The van der Waals surface area contributed by atoms with Gasteiger partial charge in [0, 0.05) is 6.07 Å². The van der Waals surface area contributed by atoms with Gasteiger partial charge in [-0.15, -0.1) is 6.42 Å². The topological polar surface area (TPSA) is 55.8 Å². The van der Waals surface area contributed by atoms with E-state index in [-0.39, 0.29) is 10.1 Å². The number of terminal acetylenes is 1. The van der Waals surface area contributed by atoms with Crippen LogP contribution in [-0.2, 0) is 10.0 Å². The Kier molecular flexibility index (Phi) is 7.27. The van der Waals surface area contributed by atoms with Gasteiger partial charge in [-0.2, -0.15) is 4.39 Å². The minimum atomic E-state index is -5.43. The van der Waals surface area contributed by atoms with E-state index in [4.69, 9.17) is 6.42 Å². The third-order valence-electron chi connectivity index (χ3n) is 3.74. The Bertz CT molecular complexity index is 1130. The third kappa shape index (κ3) is 4.63. The van der Waals surface area contributed by atoms with Gasteiger partial charge in [-0.25, -0.2) is 34.8 Å². The molecule has 0 heterocycles. The second kappa shape index (κ2) is 9.34. The number of hydrogen-bond donors (Lipinski definition) is 0. The molecule has 5 nitrogen and oxygen atoms in total. The Labute approximate surface area is 172 Å². The zero-order valence-corrected chi connectivity index (χ0v) is 16.3. The second-order valence-electron chi connectivity index (χ2n) is 5.65. The summed E-state index contributed by atoms with van der Waals surface area (Å²) in [5, 5.41) is 0. The zero-order valence-electron chi connectivity index (χ0n) is 15.4. The van der Waals surface area contributed by atoms with Crippen LogP contribution in [0.25, 0.3) is 0 Å². The number of sulfonamides is 1. The standard InChI is InChI=1S/C18H12F7NO4S/c1-3-6-26(9-4-5-11(29-2)10(19)7-9)31(27,28)18-16(25)14(23)13(22)15(24)17(18)30-8-12(20)21/h1,4-5,7,12H,6,8H2,2H3. The van der Waals surface area contributed by atoms with Crippen LogP contribution in [0.15, 0.2) is 23.1 Å². The van der Waals surface area contributed by atoms with Crippen molar-refractivity contribution in [1.29, 1.82) is 0 Å². The molecule has 0 bridgehead atoms. The molecule has 0 unspecified atom stereocenters. The monoisotopic (exact) mass is 471 g/mol. The van der Waals surface area contributed by atoms with Gasteiger partial charge in [0.1, 0.15) is 6.61 Å². The van der Waals surface area contributed by atoms with Crippen molar-refractivity contribution in [3.05, 3.63) is 47.3 Å². The van der Waals surface area contributed by atoms with Crippen molar-refractivity contribution in [2.24, 2.45) is 0 Å². The number of alkyl halides is 2. The Hall–Kier alpha value is -3.14. The molecule has 0 aromatic heterocycles. The highest BCUT2D eigenvalue weighted by atomic mass is 32.2. The van der Waals surface area contributed by atoms with Crippen LogP contribution in [0.1, 0.15) is 0 Å². The summed E-state index contributed by atoms with van der Waals surface area (Å²) in [6, 6.07) is 2.53. The van der Waals surface area contributed by atoms with Crippen molar-refractivity contribution < 1.29 is 48.6 Å². The van der Waals surface area contributed by atoms with E-state index < -0.39 is 75.0 Å². The Morgan fingerprint density at radius 2 is 1.68 bits per heavy atom. The molecule has 0 atom stereocenters. The van der Waals surface area contributed by atoms with Crippen LogP contribution < -0.4 is 13.8 Å². The van der Waals surface area contributed by atoms with Crippen LogP contribution >= 0.6 is 0 Å². The molecule has 0 aliphatic rings. The van der Waals surface area contributed by atoms with E-state index in [2.05, 4.69) is 9.47 Å². The molecular weight excluding hydrogens is 459 g/mol. The summed E-state index contributed by atoms with van der Waals surface area (Å²) < 4.78 is 130. The maximum Gasteiger partial charge on any atom is 0.272 e. The molecule has 0 radical (unpaired) electrons.